The Labute approximate surface area is 103 Å². The highest BCUT2D eigenvalue weighted by Crippen LogP contribution is 2.22. The van der Waals surface area contributed by atoms with Gasteiger partial charge in [0, 0.05) is 24.3 Å². The molecule has 1 aromatic carbocycles. The SMILES string of the molecule is Cc1ccc(N2CCCNC(C)(C)C2)cc1F. The predicted molar refractivity (Wildman–Crippen MR) is 70.0 cm³/mol. The quantitative estimate of drug-likeness (QED) is 0.806. The minimum atomic E-state index is -0.113. The molecule has 0 atom stereocenters. The summed E-state index contributed by atoms with van der Waals surface area (Å²) in [5.74, 6) is -0.113. The molecule has 2 nitrogen and oxygen atoms in total. The first-order valence-electron chi connectivity index (χ1n) is 6.24. The van der Waals surface area contributed by atoms with Crippen molar-refractivity contribution in [2.45, 2.75) is 32.7 Å². The Bertz CT molecular complexity index is 401. The lowest BCUT2D eigenvalue weighted by Gasteiger charge is -2.31. The van der Waals surface area contributed by atoms with Gasteiger partial charge in [0.05, 0.1) is 0 Å². The maximum atomic E-state index is 13.6. The standard InChI is InChI=1S/C14H21FN2/c1-11-5-6-12(9-13(11)15)17-8-4-7-16-14(2,3)10-17/h5-6,9,16H,4,7-8,10H2,1-3H3. The predicted octanol–water partition coefficient (Wildman–Crippen LogP) is 2.71. The number of hydrogen-bond acceptors (Lipinski definition) is 2. The van der Waals surface area contributed by atoms with Gasteiger partial charge in [-0.1, -0.05) is 6.07 Å². The molecule has 0 radical (unpaired) electrons. The molecule has 1 fully saturated rings. The van der Waals surface area contributed by atoms with Gasteiger partial charge < -0.3 is 10.2 Å². The molecule has 94 valence electrons. The van der Waals surface area contributed by atoms with Crippen LogP contribution in [-0.2, 0) is 0 Å². The highest BCUT2D eigenvalue weighted by Gasteiger charge is 2.24. The largest absolute Gasteiger partial charge is 0.370 e. The first-order chi connectivity index (χ1) is 7.98. The molecule has 3 heteroatoms. The molecule has 2 rings (SSSR count). The van der Waals surface area contributed by atoms with Crippen molar-refractivity contribution in [3.05, 3.63) is 29.6 Å². The summed E-state index contributed by atoms with van der Waals surface area (Å²) in [5, 5.41) is 3.51. The van der Waals surface area contributed by atoms with Crippen LogP contribution in [0.3, 0.4) is 0 Å². The van der Waals surface area contributed by atoms with Gasteiger partial charge in [-0.25, -0.2) is 4.39 Å². The van der Waals surface area contributed by atoms with Crippen molar-refractivity contribution in [3.63, 3.8) is 0 Å². The fraction of sp³-hybridized carbons (Fsp3) is 0.571. The summed E-state index contributed by atoms with van der Waals surface area (Å²) in [4.78, 5) is 2.27. The van der Waals surface area contributed by atoms with Crippen LogP contribution < -0.4 is 10.2 Å². The molecule has 0 bridgehead atoms. The highest BCUT2D eigenvalue weighted by atomic mass is 19.1. The second kappa shape index (κ2) is 4.65. The van der Waals surface area contributed by atoms with Crippen LogP contribution in [0.25, 0.3) is 0 Å². The van der Waals surface area contributed by atoms with Crippen molar-refractivity contribution < 1.29 is 4.39 Å². The van der Waals surface area contributed by atoms with E-state index in [0.717, 1.165) is 31.7 Å². The number of nitrogens with one attached hydrogen (secondary N) is 1. The molecule has 17 heavy (non-hydrogen) atoms. The van der Waals surface area contributed by atoms with E-state index in [9.17, 15) is 4.39 Å². The lowest BCUT2D eigenvalue weighted by molar-refractivity contribution is 0.416. The van der Waals surface area contributed by atoms with Crippen molar-refractivity contribution in [2.75, 3.05) is 24.5 Å². The number of rotatable bonds is 1. The number of benzene rings is 1. The van der Waals surface area contributed by atoms with Gasteiger partial charge in [0.1, 0.15) is 5.82 Å². The lowest BCUT2D eigenvalue weighted by atomic mass is 10.1. The van der Waals surface area contributed by atoms with Crippen LogP contribution >= 0.6 is 0 Å². The molecule has 1 aromatic rings. The smallest absolute Gasteiger partial charge is 0.128 e. The second-order valence-electron chi connectivity index (χ2n) is 5.52. The Kier molecular flexibility index (Phi) is 3.38. The molecule has 0 aliphatic carbocycles. The average Bonchev–Trinajstić information content (AvgIpc) is 2.43. The van der Waals surface area contributed by atoms with E-state index in [1.807, 2.05) is 12.1 Å². The third kappa shape index (κ3) is 2.97. The van der Waals surface area contributed by atoms with E-state index in [1.54, 1.807) is 13.0 Å². The van der Waals surface area contributed by atoms with Gasteiger partial charge in [-0.15, -0.1) is 0 Å². The summed E-state index contributed by atoms with van der Waals surface area (Å²) in [6.45, 7) is 9.10. The second-order valence-corrected chi connectivity index (χ2v) is 5.52. The van der Waals surface area contributed by atoms with Crippen molar-refractivity contribution in [1.82, 2.24) is 5.32 Å². The normalized spacial score (nSPS) is 20.1. The summed E-state index contributed by atoms with van der Waals surface area (Å²) < 4.78 is 13.6. The Morgan fingerprint density at radius 2 is 2.12 bits per heavy atom. The van der Waals surface area contributed by atoms with Crippen LogP contribution in [0, 0.1) is 12.7 Å². The number of halogens is 1. The van der Waals surface area contributed by atoms with E-state index in [0.29, 0.717) is 5.56 Å². The van der Waals surface area contributed by atoms with Gasteiger partial charge >= 0.3 is 0 Å². The minimum Gasteiger partial charge on any atom is -0.370 e. The van der Waals surface area contributed by atoms with Gasteiger partial charge in [-0.3, -0.25) is 0 Å². The van der Waals surface area contributed by atoms with Crippen molar-refractivity contribution in [1.29, 1.82) is 0 Å². The molecular weight excluding hydrogens is 215 g/mol. The van der Waals surface area contributed by atoms with E-state index in [4.69, 9.17) is 0 Å². The van der Waals surface area contributed by atoms with Crippen LogP contribution in [0.15, 0.2) is 18.2 Å². The van der Waals surface area contributed by atoms with Crippen LogP contribution in [-0.4, -0.2) is 25.2 Å². The summed E-state index contributed by atoms with van der Waals surface area (Å²) >= 11 is 0. The minimum absolute atomic E-state index is 0.0812. The molecule has 0 amide bonds. The van der Waals surface area contributed by atoms with Gasteiger partial charge in [0.15, 0.2) is 0 Å². The molecule has 1 heterocycles. The van der Waals surface area contributed by atoms with Crippen LogP contribution in [0.5, 0.6) is 0 Å². The number of nitrogens with zero attached hydrogens (tertiary/aromatic N) is 1. The van der Waals surface area contributed by atoms with Gasteiger partial charge in [-0.2, -0.15) is 0 Å². The first kappa shape index (κ1) is 12.4. The number of aryl methyl sites for hydroxylation is 1. The molecule has 0 unspecified atom stereocenters. The van der Waals surface area contributed by atoms with Gasteiger partial charge in [0.2, 0.25) is 0 Å². The fourth-order valence-corrected chi connectivity index (χ4v) is 2.31. The number of anilines is 1. The monoisotopic (exact) mass is 236 g/mol. The van der Waals surface area contributed by atoms with Crippen LogP contribution in [0.1, 0.15) is 25.8 Å². The molecule has 0 saturated carbocycles. The zero-order chi connectivity index (χ0) is 12.5. The average molecular weight is 236 g/mol. The summed E-state index contributed by atoms with van der Waals surface area (Å²) in [6, 6.07) is 5.52. The van der Waals surface area contributed by atoms with Gasteiger partial charge in [-0.05, 0) is 51.4 Å². The fourth-order valence-electron chi connectivity index (χ4n) is 2.31. The topological polar surface area (TPSA) is 15.3 Å². The molecule has 0 spiro atoms. The molecule has 1 aliphatic rings. The Balaban J connectivity index is 2.22. The van der Waals surface area contributed by atoms with Gasteiger partial charge in [0.25, 0.3) is 0 Å². The zero-order valence-corrected chi connectivity index (χ0v) is 10.9. The highest BCUT2D eigenvalue weighted by molar-refractivity contribution is 5.48. The van der Waals surface area contributed by atoms with E-state index in [-0.39, 0.29) is 11.4 Å². The first-order valence-corrected chi connectivity index (χ1v) is 6.24. The number of hydrogen-bond donors (Lipinski definition) is 1. The van der Waals surface area contributed by atoms with E-state index < -0.39 is 0 Å². The third-order valence-corrected chi connectivity index (χ3v) is 3.32. The maximum absolute atomic E-state index is 13.6. The van der Waals surface area contributed by atoms with Crippen molar-refractivity contribution >= 4 is 5.69 Å². The summed E-state index contributed by atoms with van der Waals surface area (Å²) in [5.41, 5.74) is 1.78. The van der Waals surface area contributed by atoms with Crippen molar-refractivity contribution in [3.8, 4) is 0 Å². The Morgan fingerprint density at radius 3 is 2.82 bits per heavy atom. The maximum Gasteiger partial charge on any atom is 0.128 e. The molecule has 1 aliphatic heterocycles. The lowest BCUT2D eigenvalue weighted by Crippen LogP contribution is -2.46. The Hall–Kier alpha value is -1.09. The zero-order valence-electron chi connectivity index (χ0n) is 10.9. The molecular formula is C14H21FN2. The third-order valence-electron chi connectivity index (χ3n) is 3.32. The summed E-state index contributed by atoms with van der Waals surface area (Å²) in [6.07, 6.45) is 1.10. The molecule has 0 aromatic heterocycles. The van der Waals surface area contributed by atoms with Crippen LogP contribution in [0.4, 0.5) is 10.1 Å². The molecule has 1 N–H and O–H groups in total. The van der Waals surface area contributed by atoms with Crippen LogP contribution in [0.2, 0.25) is 0 Å². The summed E-state index contributed by atoms with van der Waals surface area (Å²) in [7, 11) is 0. The van der Waals surface area contributed by atoms with E-state index in [1.165, 1.54) is 0 Å². The van der Waals surface area contributed by atoms with Crippen molar-refractivity contribution in [2.24, 2.45) is 0 Å². The van der Waals surface area contributed by atoms with E-state index in [2.05, 4.69) is 24.1 Å². The molecule has 1 saturated heterocycles. The van der Waals surface area contributed by atoms with E-state index >= 15 is 0 Å². The Morgan fingerprint density at radius 1 is 1.35 bits per heavy atom.